The summed E-state index contributed by atoms with van der Waals surface area (Å²) < 4.78 is 10.6. The quantitative estimate of drug-likeness (QED) is 0.405. The molecule has 0 saturated heterocycles. The number of carboxylic acids is 1. The van der Waals surface area contributed by atoms with Gasteiger partial charge in [-0.3, -0.25) is 4.79 Å². The van der Waals surface area contributed by atoms with Crippen molar-refractivity contribution < 1.29 is 33.8 Å². The number of hydrogen-bond acceptors (Lipinski definition) is 7. The molecule has 10 nitrogen and oxygen atoms in total. The first-order valence-corrected chi connectivity index (χ1v) is 10.2. The van der Waals surface area contributed by atoms with Crippen LogP contribution in [0.1, 0.15) is 33.3 Å². The van der Waals surface area contributed by atoms with Gasteiger partial charge in [-0.25, -0.2) is 14.6 Å². The van der Waals surface area contributed by atoms with Crippen LogP contribution in [-0.2, 0) is 16.1 Å². The Morgan fingerprint density at radius 3 is 2.30 bits per heavy atom. The number of oxazole rings is 1. The molecule has 4 N–H and O–H groups in total. The summed E-state index contributed by atoms with van der Waals surface area (Å²) in [7, 11) is 0. The molecule has 1 unspecified atom stereocenters. The topological polar surface area (TPSA) is 151 Å². The van der Waals surface area contributed by atoms with E-state index in [1.54, 1.807) is 0 Å². The zero-order valence-corrected chi connectivity index (χ0v) is 17.4. The second-order valence-corrected chi connectivity index (χ2v) is 7.37. The molecular formula is C23H21N3O7. The molecule has 4 rings (SSSR count). The zero-order valence-electron chi connectivity index (χ0n) is 17.4. The molecule has 0 aliphatic heterocycles. The number of nitrogens with zero attached hydrogens (tertiary/aromatic N) is 1. The minimum atomic E-state index is -1.75. The molecule has 0 saturated carbocycles. The van der Waals surface area contributed by atoms with E-state index in [2.05, 4.69) is 15.6 Å². The molecule has 1 aliphatic carbocycles. The normalized spacial score (nSPS) is 13.0. The third-order valence-corrected chi connectivity index (χ3v) is 5.33. The first-order valence-electron chi connectivity index (χ1n) is 10.2. The lowest BCUT2D eigenvalue weighted by Gasteiger charge is -2.14. The summed E-state index contributed by atoms with van der Waals surface area (Å²) in [4.78, 5) is 38.9. The van der Waals surface area contributed by atoms with Crippen LogP contribution >= 0.6 is 0 Å². The van der Waals surface area contributed by atoms with Gasteiger partial charge >= 0.3 is 12.1 Å². The van der Waals surface area contributed by atoms with Crippen molar-refractivity contribution in [2.24, 2.45) is 0 Å². The fourth-order valence-electron chi connectivity index (χ4n) is 3.74. The second-order valence-electron chi connectivity index (χ2n) is 7.37. The van der Waals surface area contributed by atoms with E-state index < -0.39 is 30.6 Å². The molecule has 1 heterocycles. The number of carbonyl (C=O) groups excluding carboxylic acids is 2. The number of nitrogens with one attached hydrogen (secondary N) is 2. The lowest BCUT2D eigenvalue weighted by atomic mass is 9.98. The molecule has 3 aromatic rings. The minimum absolute atomic E-state index is 0.0609. The Labute approximate surface area is 188 Å². The van der Waals surface area contributed by atoms with Crippen LogP contribution < -0.4 is 10.6 Å². The maximum atomic E-state index is 12.3. The lowest BCUT2D eigenvalue weighted by molar-refractivity contribution is -0.146. The number of fused-ring (bicyclic) bond motifs is 3. The van der Waals surface area contributed by atoms with Crippen LogP contribution in [0.25, 0.3) is 11.1 Å². The number of carboxylic acid groups (broad SMARTS) is 1. The van der Waals surface area contributed by atoms with E-state index >= 15 is 0 Å². The average Bonchev–Trinajstić information content (AvgIpc) is 3.42. The van der Waals surface area contributed by atoms with Gasteiger partial charge in [-0.2, -0.15) is 0 Å². The van der Waals surface area contributed by atoms with Crippen molar-refractivity contribution in [2.75, 3.05) is 13.2 Å². The molecule has 2 amide bonds. The second kappa shape index (κ2) is 9.53. The summed E-state index contributed by atoms with van der Waals surface area (Å²) in [5.41, 5.74) is 4.28. The molecule has 1 atom stereocenters. The van der Waals surface area contributed by atoms with E-state index in [-0.39, 0.29) is 30.5 Å². The van der Waals surface area contributed by atoms with Crippen molar-refractivity contribution in [2.45, 2.75) is 18.6 Å². The maximum Gasteiger partial charge on any atom is 0.407 e. The Kier molecular flexibility index (Phi) is 6.36. The molecule has 1 aromatic heterocycles. The van der Waals surface area contributed by atoms with E-state index in [0.29, 0.717) is 0 Å². The molecule has 0 radical (unpaired) electrons. The molecule has 170 valence electrons. The fourth-order valence-corrected chi connectivity index (χ4v) is 3.74. The summed E-state index contributed by atoms with van der Waals surface area (Å²) in [5.74, 6) is -2.23. The van der Waals surface area contributed by atoms with Crippen LogP contribution in [0, 0.1) is 0 Å². The standard InChI is InChI=1S/C23H21N3O7/c27-18(22(29)30)9-24-21(28)20-19(33-12-26-20)10-25-23(31)32-11-17-15-7-3-1-5-13(15)14-6-2-4-8-16(14)17/h1-8,12,17-18,27H,9-11H2,(H,24,28)(H,25,31)(H,29,30). The third-order valence-electron chi connectivity index (χ3n) is 5.33. The SMILES string of the molecule is O=C(NCc1ocnc1C(=O)NCC(O)C(=O)O)OCC1c2ccccc2-c2ccccc21. The van der Waals surface area contributed by atoms with Crippen molar-refractivity contribution in [3.05, 3.63) is 77.5 Å². The Balaban J connectivity index is 1.33. The van der Waals surface area contributed by atoms with Gasteiger partial charge < -0.3 is 30.0 Å². The number of ether oxygens (including phenoxy) is 1. The first kappa shape index (κ1) is 22.0. The van der Waals surface area contributed by atoms with E-state index in [1.807, 2.05) is 48.5 Å². The van der Waals surface area contributed by atoms with E-state index in [0.717, 1.165) is 28.6 Å². The predicted molar refractivity (Wildman–Crippen MR) is 114 cm³/mol. The van der Waals surface area contributed by atoms with Crippen LogP contribution in [0.5, 0.6) is 0 Å². The molecular weight excluding hydrogens is 430 g/mol. The first-order chi connectivity index (χ1) is 16.0. The number of aromatic nitrogens is 1. The lowest BCUT2D eigenvalue weighted by Crippen LogP contribution is -2.37. The van der Waals surface area contributed by atoms with Gasteiger partial charge in [0.25, 0.3) is 5.91 Å². The van der Waals surface area contributed by atoms with Gasteiger partial charge in [-0.05, 0) is 22.3 Å². The van der Waals surface area contributed by atoms with E-state index in [1.165, 1.54) is 0 Å². The van der Waals surface area contributed by atoms with Crippen molar-refractivity contribution in [1.29, 1.82) is 0 Å². The summed E-state index contributed by atoms with van der Waals surface area (Å²) in [6.07, 6.45) is -1.42. The van der Waals surface area contributed by atoms with Gasteiger partial charge in [-0.1, -0.05) is 48.5 Å². The molecule has 33 heavy (non-hydrogen) atoms. The van der Waals surface area contributed by atoms with Gasteiger partial charge in [-0.15, -0.1) is 0 Å². The summed E-state index contributed by atoms with van der Waals surface area (Å²) in [6.45, 7) is -0.530. The number of aliphatic hydroxyl groups is 1. The number of hydrogen-bond donors (Lipinski definition) is 4. The number of aliphatic hydroxyl groups excluding tert-OH is 1. The molecule has 0 bridgehead atoms. The highest BCUT2D eigenvalue weighted by Gasteiger charge is 2.29. The van der Waals surface area contributed by atoms with Gasteiger partial charge in [0.1, 0.15) is 6.61 Å². The van der Waals surface area contributed by atoms with Crippen molar-refractivity contribution in [3.63, 3.8) is 0 Å². The van der Waals surface area contributed by atoms with Gasteiger partial charge in [0.2, 0.25) is 0 Å². The van der Waals surface area contributed by atoms with Crippen molar-refractivity contribution in [1.82, 2.24) is 15.6 Å². The number of amides is 2. The predicted octanol–water partition coefficient (Wildman–Crippen LogP) is 1.89. The number of benzene rings is 2. The fraction of sp³-hybridized carbons (Fsp3) is 0.217. The highest BCUT2D eigenvalue weighted by Crippen LogP contribution is 2.44. The van der Waals surface area contributed by atoms with Crippen LogP contribution in [0.15, 0.2) is 59.3 Å². The van der Waals surface area contributed by atoms with Crippen molar-refractivity contribution >= 4 is 18.0 Å². The molecule has 0 spiro atoms. The number of aliphatic carboxylic acids is 1. The third kappa shape index (κ3) is 4.70. The van der Waals surface area contributed by atoms with Crippen LogP contribution in [0.2, 0.25) is 0 Å². The molecule has 10 heteroatoms. The van der Waals surface area contributed by atoms with E-state index in [9.17, 15) is 19.5 Å². The zero-order chi connectivity index (χ0) is 23.4. The molecule has 2 aromatic carbocycles. The summed E-state index contributed by atoms with van der Waals surface area (Å²) in [5, 5.41) is 22.7. The van der Waals surface area contributed by atoms with Crippen LogP contribution in [0.3, 0.4) is 0 Å². The van der Waals surface area contributed by atoms with Gasteiger partial charge in [0.15, 0.2) is 24.0 Å². The van der Waals surface area contributed by atoms with Gasteiger partial charge in [0, 0.05) is 5.92 Å². The highest BCUT2D eigenvalue weighted by atomic mass is 16.5. The Morgan fingerprint density at radius 1 is 1.03 bits per heavy atom. The Hall–Kier alpha value is -4.18. The number of rotatable bonds is 8. The Morgan fingerprint density at radius 2 is 1.67 bits per heavy atom. The smallest absolute Gasteiger partial charge is 0.407 e. The minimum Gasteiger partial charge on any atom is -0.479 e. The number of alkyl carbamates (subject to hydrolysis) is 1. The Bertz CT molecular complexity index is 1140. The van der Waals surface area contributed by atoms with Gasteiger partial charge in [0.05, 0.1) is 13.1 Å². The average molecular weight is 451 g/mol. The summed E-state index contributed by atoms with van der Waals surface area (Å²) >= 11 is 0. The summed E-state index contributed by atoms with van der Waals surface area (Å²) in [6, 6.07) is 16.0. The largest absolute Gasteiger partial charge is 0.479 e. The van der Waals surface area contributed by atoms with E-state index in [4.69, 9.17) is 14.3 Å². The maximum absolute atomic E-state index is 12.3. The van der Waals surface area contributed by atoms with Crippen LogP contribution in [0.4, 0.5) is 4.79 Å². The van der Waals surface area contributed by atoms with Crippen molar-refractivity contribution in [3.8, 4) is 11.1 Å². The molecule has 1 aliphatic rings. The monoisotopic (exact) mass is 451 g/mol. The molecule has 0 fully saturated rings. The number of carbonyl (C=O) groups is 3. The highest BCUT2D eigenvalue weighted by molar-refractivity contribution is 5.93. The van der Waals surface area contributed by atoms with Crippen LogP contribution in [-0.4, -0.2) is 52.4 Å².